The van der Waals surface area contributed by atoms with Gasteiger partial charge < -0.3 is 10.5 Å². The van der Waals surface area contributed by atoms with Gasteiger partial charge in [0, 0.05) is 0 Å². The van der Waals surface area contributed by atoms with E-state index >= 15 is 0 Å². The third-order valence-electron chi connectivity index (χ3n) is 1.68. The Bertz CT molecular complexity index is 195. The van der Waals surface area contributed by atoms with E-state index in [1.807, 2.05) is 0 Å². The molecule has 0 bridgehead atoms. The summed E-state index contributed by atoms with van der Waals surface area (Å²) in [4.78, 5) is 0. The number of ether oxygens (including phenoxy) is 1. The molecule has 1 fully saturated rings. The minimum Gasteiger partial charge on any atom is -0.375 e. The molecule has 1 aliphatic rings. The lowest BCUT2D eigenvalue weighted by atomic mass is 10.2. The maximum Gasteiger partial charge on any atom is 0.184 e. The molecule has 2 atom stereocenters. The minimum absolute atomic E-state index is 0.113. The lowest BCUT2D eigenvalue weighted by molar-refractivity contribution is 0.0960. The average molecular weight is 187 g/mol. The second-order valence-corrected chi connectivity index (χ2v) is 3.26. The molecule has 1 aliphatic heterocycles. The highest BCUT2D eigenvalue weighted by atomic mass is 32.1. The topological polar surface area (TPSA) is 59.6 Å². The van der Waals surface area contributed by atoms with Crippen molar-refractivity contribution in [3.05, 3.63) is 0 Å². The number of hydrogen-bond donors (Lipinski definition) is 2. The first-order chi connectivity index (χ1) is 5.68. The molecule has 0 aromatic carbocycles. The molecule has 0 saturated carbocycles. The molecule has 0 spiro atoms. The standard InChI is InChI=1S/C7H13N3OS/c1-5-2-3-6(11-5)4-9-10-7(8)12/h4-6H,2-3H2,1H3,(H3,8,10,12)/b9-4+. The van der Waals surface area contributed by atoms with Gasteiger partial charge in [0.15, 0.2) is 5.11 Å². The average Bonchev–Trinajstić information content (AvgIpc) is 2.35. The molecule has 1 rings (SSSR count). The molecular weight excluding hydrogens is 174 g/mol. The van der Waals surface area contributed by atoms with E-state index in [0.29, 0.717) is 6.10 Å². The van der Waals surface area contributed by atoms with Gasteiger partial charge >= 0.3 is 0 Å². The molecule has 0 aliphatic carbocycles. The van der Waals surface area contributed by atoms with E-state index in [0.717, 1.165) is 12.8 Å². The Hall–Kier alpha value is -0.680. The van der Waals surface area contributed by atoms with Crippen LogP contribution in [0.4, 0.5) is 0 Å². The number of hydrazone groups is 1. The summed E-state index contributed by atoms with van der Waals surface area (Å²) in [7, 11) is 0. The number of nitrogens with two attached hydrogens (primary N) is 1. The summed E-state index contributed by atoms with van der Waals surface area (Å²) in [6.45, 7) is 2.05. The Morgan fingerprint density at radius 2 is 2.50 bits per heavy atom. The maximum atomic E-state index is 5.47. The molecule has 1 saturated heterocycles. The summed E-state index contributed by atoms with van der Waals surface area (Å²) in [6.07, 6.45) is 4.25. The Kier molecular flexibility index (Phi) is 3.43. The van der Waals surface area contributed by atoms with Crippen molar-refractivity contribution >= 4 is 23.5 Å². The van der Waals surface area contributed by atoms with Crippen LogP contribution < -0.4 is 11.2 Å². The molecule has 0 amide bonds. The number of nitrogens with zero attached hydrogens (tertiary/aromatic N) is 1. The molecular formula is C7H13N3OS. The zero-order valence-corrected chi connectivity index (χ0v) is 7.80. The van der Waals surface area contributed by atoms with Gasteiger partial charge in [-0.2, -0.15) is 5.10 Å². The summed E-state index contributed by atoms with van der Waals surface area (Å²) in [6, 6.07) is 0. The predicted octanol–water partition coefficient (Wildman–Crippen LogP) is 0.373. The third-order valence-corrected chi connectivity index (χ3v) is 1.77. The van der Waals surface area contributed by atoms with E-state index in [2.05, 4.69) is 29.7 Å². The molecule has 0 aromatic rings. The lowest BCUT2D eigenvalue weighted by Crippen LogP contribution is -2.25. The van der Waals surface area contributed by atoms with E-state index in [1.54, 1.807) is 6.21 Å². The summed E-state index contributed by atoms with van der Waals surface area (Å²) in [5.74, 6) is 0. The molecule has 68 valence electrons. The van der Waals surface area contributed by atoms with Gasteiger partial charge in [-0.1, -0.05) is 0 Å². The largest absolute Gasteiger partial charge is 0.375 e. The Morgan fingerprint density at radius 1 is 1.75 bits per heavy atom. The first-order valence-electron chi connectivity index (χ1n) is 3.92. The molecule has 1 heterocycles. The summed E-state index contributed by atoms with van der Waals surface area (Å²) < 4.78 is 5.47. The second-order valence-electron chi connectivity index (χ2n) is 2.82. The van der Waals surface area contributed by atoms with Crippen molar-refractivity contribution in [2.24, 2.45) is 10.8 Å². The van der Waals surface area contributed by atoms with E-state index in [9.17, 15) is 0 Å². The molecule has 3 N–H and O–H groups in total. The van der Waals surface area contributed by atoms with Crippen molar-refractivity contribution < 1.29 is 4.74 Å². The quantitative estimate of drug-likeness (QED) is 0.372. The van der Waals surface area contributed by atoms with Gasteiger partial charge in [-0.25, -0.2) is 0 Å². The third kappa shape index (κ3) is 3.15. The molecule has 0 aromatic heterocycles. The summed E-state index contributed by atoms with van der Waals surface area (Å²) >= 11 is 4.57. The van der Waals surface area contributed by atoms with Gasteiger partial charge in [-0.3, -0.25) is 5.43 Å². The SMILES string of the molecule is CC1CCC(/C=N/NC(N)=S)O1. The van der Waals surface area contributed by atoms with Crippen LogP contribution in [0.15, 0.2) is 5.10 Å². The fraction of sp³-hybridized carbons (Fsp3) is 0.714. The van der Waals surface area contributed by atoms with Crippen molar-refractivity contribution in [3.8, 4) is 0 Å². The smallest absolute Gasteiger partial charge is 0.184 e. The van der Waals surface area contributed by atoms with Crippen LogP contribution in [0.3, 0.4) is 0 Å². The van der Waals surface area contributed by atoms with Gasteiger partial charge in [-0.15, -0.1) is 0 Å². The first kappa shape index (κ1) is 9.41. The Morgan fingerprint density at radius 3 is 3.00 bits per heavy atom. The van der Waals surface area contributed by atoms with Crippen LogP contribution in [0.25, 0.3) is 0 Å². The van der Waals surface area contributed by atoms with Crippen LogP contribution in [-0.2, 0) is 4.74 Å². The highest BCUT2D eigenvalue weighted by Crippen LogP contribution is 2.16. The van der Waals surface area contributed by atoms with Crippen LogP contribution in [0.5, 0.6) is 0 Å². The molecule has 5 heteroatoms. The van der Waals surface area contributed by atoms with Crippen molar-refractivity contribution in [1.29, 1.82) is 0 Å². The van der Waals surface area contributed by atoms with Gasteiger partial charge in [0.2, 0.25) is 0 Å². The van der Waals surface area contributed by atoms with Crippen molar-refractivity contribution in [2.75, 3.05) is 0 Å². The number of hydrogen-bond acceptors (Lipinski definition) is 3. The normalized spacial score (nSPS) is 29.4. The number of thiocarbonyl (C=S) groups is 1. The van der Waals surface area contributed by atoms with Crippen molar-refractivity contribution in [1.82, 2.24) is 5.43 Å². The molecule has 12 heavy (non-hydrogen) atoms. The van der Waals surface area contributed by atoms with Crippen LogP contribution in [0, 0.1) is 0 Å². The van der Waals surface area contributed by atoms with E-state index in [4.69, 9.17) is 10.5 Å². The minimum atomic E-state index is 0.113. The van der Waals surface area contributed by atoms with Crippen LogP contribution >= 0.6 is 12.2 Å². The van der Waals surface area contributed by atoms with Gasteiger partial charge in [0.05, 0.1) is 18.4 Å². The van der Waals surface area contributed by atoms with Gasteiger partial charge in [-0.05, 0) is 32.0 Å². The number of nitrogens with one attached hydrogen (secondary N) is 1. The Labute approximate surface area is 77.2 Å². The first-order valence-corrected chi connectivity index (χ1v) is 4.33. The van der Waals surface area contributed by atoms with Crippen LogP contribution in [-0.4, -0.2) is 23.5 Å². The van der Waals surface area contributed by atoms with E-state index in [-0.39, 0.29) is 11.2 Å². The van der Waals surface area contributed by atoms with E-state index < -0.39 is 0 Å². The van der Waals surface area contributed by atoms with Crippen LogP contribution in [0.2, 0.25) is 0 Å². The summed E-state index contributed by atoms with van der Waals surface area (Å²) in [5, 5.41) is 4.00. The maximum absolute atomic E-state index is 5.47. The van der Waals surface area contributed by atoms with Gasteiger partial charge in [0.1, 0.15) is 0 Å². The fourth-order valence-corrected chi connectivity index (χ4v) is 1.18. The second kappa shape index (κ2) is 4.37. The summed E-state index contributed by atoms with van der Waals surface area (Å²) in [5.41, 5.74) is 7.66. The highest BCUT2D eigenvalue weighted by molar-refractivity contribution is 7.80. The monoisotopic (exact) mass is 187 g/mol. The molecule has 2 unspecified atom stereocenters. The van der Waals surface area contributed by atoms with Crippen molar-refractivity contribution in [2.45, 2.75) is 32.0 Å². The van der Waals surface area contributed by atoms with Crippen LogP contribution in [0.1, 0.15) is 19.8 Å². The lowest BCUT2D eigenvalue weighted by Gasteiger charge is -2.04. The zero-order chi connectivity index (χ0) is 8.97. The highest BCUT2D eigenvalue weighted by Gasteiger charge is 2.19. The Balaban J connectivity index is 2.22. The van der Waals surface area contributed by atoms with E-state index in [1.165, 1.54) is 0 Å². The fourth-order valence-electron chi connectivity index (χ4n) is 1.13. The molecule has 4 nitrogen and oxygen atoms in total. The van der Waals surface area contributed by atoms with Gasteiger partial charge in [0.25, 0.3) is 0 Å². The predicted molar refractivity (Wildman–Crippen MR) is 52.0 cm³/mol. The molecule has 0 radical (unpaired) electrons. The van der Waals surface area contributed by atoms with Crippen molar-refractivity contribution in [3.63, 3.8) is 0 Å². The zero-order valence-electron chi connectivity index (χ0n) is 6.99. The number of rotatable bonds is 2.